The van der Waals surface area contributed by atoms with Crippen LogP contribution in [0.1, 0.15) is 39.5 Å². The number of sulfonamides is 1. The predicted octanol–water partition coefficient (Wildman–Crippen LogP) is 0.945. The Labute approximate surface area is 154 Å². The van der Waals surface area contributed by atoms with Gasteiger partial charge >= 0.3 is 0 Å². The van der Waals surface area contributed by atoms with E-state index in [0.29, 0.717) is 13.1 Å². The summed E-state index contributed by atoms with van der Waals surface area (Å²) in [5.41, 5.74) is 0. The van der Waals surface area contributed by atoms with E-state index in [2.05, 4.69) is 27.4 Å². The number of likely N-dealkylation sites (tertiary alicyclic amines) is 1. The molecule has 0 spiro atoms. The van der Waals surface area contributed by atoms with Crippen molar-refractivity contribution in [3.05, 3.63) is 0 Å². The minimum absolute atomic E-state index is 0.149. The largest absolute Gasteiger partial charge is 0.356 e. The van der Waals surface area contributed by atoms with Crippen LogP contribution in [-0.4, -0.2) is 82.7 Å². The fraction of sp³-hybridized carbons (Fsp3) is 0.941. The maximum absolute atomic E-state index is 11.7. The minimum Gasteiger partial charge on any atom is -0.356 e. The molecule has 0 unspecified atom stereocenters. The summed E-state index contributed by atoms with van der Waals surface area (Å²) in [5, 5.41) is 6.57. The maximum Gasteiger partial charge on any atom is 0.213 e. The zero-order valence-corrected chi connectivity index (χ0v) is 17.2. The normalized spacial score (nSPS) is 17.9. The molecule has 1 aliphatic rings. The first-order valence-electron chi connectivity index (χ1n) is 9.50. The van der Waals surface area contributed by atoms with E-state index in [0.717, 1.165) is 37.8 Å². The first-order chi connectivity index (χ1) is 11.9. The highest BCUT2D eigenvalue weighted by Gasteiger charge is 2.15. The Morgan fingerprint density at radius 2 is 1.80 bits per heavy atom. The van der Waals surface area contributed by atoms with Gasteiger partial charge in [-0.15, -0.1) is 0 Å². The molecule has 0 aromatic carbocycles. The van der Waals surface area contributed by atoms with Crippen molar-refractivity contribution < 1.29 is 8.42 Å². The highest BCUT2D eigenvalue weighted by molar-refractivity contribution is 7.89. The van der Waals surface area contributed by atoms with Gasteiger partial charge in [0.05, 0.1) is 5.75 Å². The van der Waals surface area contributed by atoms with Crippen LogP contribution < -0.4 is 10.6 Å². The molecule has 1 saturated heterocycles. The van der Waals surface area contributed by atoms with E-state index in [-0.39, 0.29) is 5.75 Å². The third kappa shape index (κ3) is 8.87. The van der Waals surface area contributed by atoms with Gasteiger partial charge in [0.1, 0.15) is 0 Å². The van der Waals surface area contributed by atoms with E-state index in [1.807, 2.05) is 0 Å². The molecule has 0 aromatic rings. The van der Waals surface area contributed by atoms with Crippen LogP contribution in [0.2, 0.25) is 0 Å². The van der Waals surface area contributed by atoms with E-state index < -0.39 is 10.0 Å². The van der Waals surface area contributed by atoms with E-state index in [1.165, 1.54) is 30.2 Å². The second-order valence-corrected chi connectivity index (χ2v) is 9.24. The molecule has 1 rings (SSSR count). The Morgan fingerprint density at radius 3 is 2.36 bits per heavy atom. The van der Waals surface area contributed by atoms with Gasteiger partial charge in [0, 0.05) is 33.7 Å². The lowest BCUT2D eigenvalue weighted by molar-refractivity contribution is 0.191. The van der Waals surface area contributed by atoms with Crippen LogP contribution in [-0.2, 0) is 10.0 Å². The molecule has 25 heavy (non-hydrogen) atoms. The first-order valence-corrected chi connectivity index (χ1v) is 11.1. The first kappa shape index (κ1) is 22.2. The van der Waals surface area contributed by atoms with Crippen molar-refractivity contribution in [2.75, 3.05) is 59.1 Å². The summed E-state index contributed by atoms with van der Waals surface area (Å²) in [6.45, 7) is 9.71. The van der Waals surface area contributed by atoms with Gasteiger partial charge in [-0.25, -0.2) is 12.7 Å². The van der Waals surface area contributed by atoms with Gasteiger partial charge < -0.3 is 15.5 Å². The molecule has 1 aliphatic heterocycles. The Balaban J connectivity index is 2.10. The molecule has 1 fully saturated rings. The predicted molar refractivity (Wildman–Crippen MR) is 106 cm³/mol. The molecule has 148 valence electrons. The summed E-state index contributed by atoms with van der Waals surface area (Å²) in [5.74, 6) is 1.81. The monoisotopic (exact) mass is 375 g/mol. The van der Waals surface area contributed by atoms with Crippen molar-refractivity contribution in [2.45, 2.75) is 39.5 Å². The van der Waals surface area contributed by atoms with Crippen molar-refractivity contribution in [1.82, 2.24) is 19.8 Å². The summed E-state index contributed by atoms with van der Waals surface area (Å²) in [4.78, 5) is 6.76. The SMILES string of the molecule is CCS(=O)(=O)N(C)CCCNC(=NC)NCCCN1CCC(C)CC1. The molecule has 0 aliphatic carbocycles. The lowest BCUT2D eigenvalue weighted by Gasteiger charge is -2.30. The van der Waals surface area contributed by atoms with E-state index in [9.17, 15) is 8.42 Å². The number of aliphatic imine (C=N–C) groups is 1. The van der Waals surface area contributed by atoms with Crippen LogP contribution in [0.5, 0.6) is 0 Å². The van der Waals surface area contributed by atoms with Gasteiger partial charge in [-0.05, 0) is 58.2 Å². The molecular formula is C17H37N5O2S. The van der Waals surface area contributed by atoms with Gasteiger partial charge in [-0.1, -0.05) is 6.92 Å². The lowest BCUT2D eigenvalue weighted by atomic mass is 9.99. The van der Waals surface area contributed by atoms with Crippen molar-refractivity contribution in [3.63, 3.8) is 0 Å². The second kappa shape index (κ2) is 11.7. The average molecular weight is 376 g/mol. The van der Waals surface area contributed by atoms with Gasteiger partial charge in [-0.3, -0.25) is 4.99 Å². The van der Waals surface area contributed by atoms with Crippen molar-refractivity contribution in [2.24, 2.45) is 10.9 Å². The minimum atomic E-state index is -3.08. The van der Waals surface area contributed by atoms with Crippen LogP contribution in [0.3, 0.4) is 0 Å². The number of piperidine rings is 1. The number of hydrogen-bond donors (Lipinski definition) is 2. The summed E-state index contributed by atoms with van der Waals surface area (Å²) < 4.78 is 24.8. The molecule has 0 saturated carbocycles. The topological polar surface area (TPSA) is 77.0 Å². The van der Waals surface area contributed by atoms with Gasteiger partial charge in [0.15, 0.2) is 5.96 Å². The van der Waals surface area contributed by atoms with E-state index in [4.69, 9.17) is 0 Å². The molecule has 2 N–H and O–H groups in total. The molecule has 0 aromatic heterocycles. The summed E-state index contributed by atoms with van der Waals surface area (Å²) in [6.07, 6.45) is 4.49. The Bertz CT molecular complexity index is 487. The van der Waals surface area contributed by atoms with Crippen LogP contribution in [0.4, 0.5) is 0 Å². The Kier molecular flexibility index (Phi) is 10.4. The summed E-state index contributed by atoms with van der Waals surface area (Å²) in [6, 6.07) is 0. The van der Waals surface area contributed by atoms with Crippen LogP contribution in [0.25, 0.3) is 0 Å². The fourth-order valence-electron chi connectivity index (χ4n) is 2.88. The van der Waals surface area contributed by atoms with E-state index in [1.54, 1.807) is 21.0 Å². The molecule has 0 amide bonds. The number of guanidine groups is 1. The molecule has 1 heterocycles. The van der Waals surface area contributed by atoms with E-state index >= 15 is 0 Å². The molecule has 0 bridgehead atoms. The van der Waals surface area contributed by atoms with Gasteiger partial charge in [-0.2, -0.15) is 0 Å². The summed E-state index contributed by atoms with van der Waals surface area (Å²) in [7, 11) is 0.310. The number of rotatable bonds is 10. The van der Waals surface area contributed by atoms with Crippen molar-refractivity contribution in [1.29, 1.82) is 0 Å². The van der Waals surface area contributed by atoms with Crippen molar-refractivity contribution >= 4 is 16.0 Å². The number of nitrogens with one attached hydrogen (secondary N) is 2. The maximum atomic E-state index is 11.7. The van der Waals surface area contributed by atoms with Gasteiger partial charge in [0.2, 0.25) is 10.0 Å². The molecule has 0 atom stereocenters. The zero-order valence-electron chi connectivity index (χ0n) is 16.4. The van der Waals surface area contributed by atoms with Crippen molar-refractivity contribution in [3.8, 4) is 0 Å². The average Bonchev–Trinajstić information content (AvgIpc) is 2.61. The van der Waals surface area contributed by atoms with Gasteiger partial charge in [0.25, 0.3) is 0 Å². The lowest BCUT2D eigenvalue weighted by Crippen LogP contribution is -2.40. The van der Waals surface area contributed by atoms with Crippen LogP contribution in [0.15, 0.2) is 4.99 Å². The van der Waals surface area contributed by atoms with Crippen LogP contribution >= 0.6 is 0 Å². The molecule has 7 nitrogen and oxygen atoms in total. The smallest absolute Gasteiger partial charge is 0.213 e. The van der Waals surface area contributed by atoms with Crippen LogP contribution in [0, 0.1) is 5.92 Å². The number of nitrogens with zero attached hydrogens (tertiary/aromatic N) is 3. The zero-order chi connectivity index (χ0) is 18.7. The Hall–Kier alpha value is -0.860. The highest BCUT2D eigenvalue weighted by atomic mass is 32.2. The fourth-order valence-corrected chi connectivity index (χ4v) is 3.73. The molecule has 8 heteroatoms. The second-order valence-electron chi connectivity index (χ2n) is 6.88. The molecule has 0 radical (unpaired) electrons. The quantitative estimate of drug-likeness (QED) is 0.338. The number of hydrogen-bond acceptors (Lipinski definition) is 4. The third-order valence-electron chi connectivity index (χ3n) is 4.83. The summed E-state index contributed by atoms with van der Waals surface area (Å²) >= 11 is 0. The highest BCUT2D eigenvalue weighted by Crippen LogP contribution is 2.15. The Morgan fingerprint density at radius 1 is 1.20 bits per heavy atom. The molecular weight excluding hydrogens is 338 g/mol. The third-order valence-corrected chi connectivity index (χ3v) is 6.69. The standard InChI is InChI=1S/C17H37N5O2S/c1-5-25(23,24)21(4)12-6-10-19-17(18-3)20-11-7-13-22-14-8-16(2)9-15-22/h16H,5-15H2,1-4H3,(H2,18,19,20).